The highest BCUT2D eigenvalue weighted by atomic mass is 35.5. The van der Waals surface area contributed by atoms with Gasteiger partial charge < -0.3 is 10.1 Å². The number of hydrogen-bond acceptors (Lipinski definition) is 3. The number of amides is 1. The van der Waals surface area contributed by atoms with Crippen molar-refractivity contribution in [3.63, 3.8) is 0 Å². The van der Waals surface area contributed by atoms with Gasteiger partial charge in [-0.2, -0.15) is 0 Å². The van der Waals surface area contributed by atoms with Crippen molar-refractivity contribution in [2.24, 2.45) is 0 Å². The SMILES string of the molecule is Cc1ccc(C(CNC(=O)COc2ccccc2)N2CCCCCC2)cc1.Cl. The zero-order valence-electron chi connectivity index (χ0n) is 16.6. The lowest BCUT2D eigenvalue weighted by Crippen LogP contribution is -2.40. The fraction of sp³-hybridized carbons (Fsp3) is 0.435. The summed E-state index contributed by atoms with van der Waals surface area (Å²) in [5, 5.41) is 3.08. The minimum atomic E-state index is -0.0780. The Hall–Kier alpha value is -2.04. The van der Waals surface area contributed by atoms with Crippen LogP contribution in [0.4, 0.5) is 0 Å². The topological polar surface area (TPSA) is 41.6 Å². The van der Waals surface area contributed by atoms with E-state index in [1.165, 1.54) is 36.8 Å². The van der Waals surface area contributed by atoms with Crippen LogP contribution < -0.4 is 10.1 Å². The highest BCUT2D eigenvalue weighted by Crippen LogP contribution is 2.24. The van der Waals surface area contributed by atoms with Crippen molar-refractivity contribution in [2.75, 3.05) is 26.2 Å². The lowest BCUT2D eigenvalue weighted by atomic mass is 10.0. The Bertz CT molecular complexity index is 698. The number of nitrogens with zero attached hydrogens (tertiary/aromatic N) is 1. The van der Waals surface area contributed by atoms with Crippen molar-refractivity contribution < 1.29 is 9.53 Å². The first-order chi connectivity index (χ1) is 13.2. The summed E-state index contributed by atoms with van der Waals surface area (Å²) < 4.78 is 5.56. The van der Waals surface area contributed by atoms with E-state index in [-0.39, 0.29) is 31.0 Å². The smallest absolute Gasteiger partial charge is 0.258 e. The van der Waals surface area contributed by atoms with E-state index < -0.39 is 0 Å². The first kappa shape index (κ1) is 22.3. The van der Waals surface area contributed by atoms with Gasteiger partial charge in [-0.3, -0.25) is 9.69 Å². The van der Waals surface area contributed by atoms with E-state index in [9.17, 15) is 4.79 Å². The summed E-state index contributed by atoms with van der Waals surface area (Å²) in [4.78, 5) is 14.8. The number of nitrogens with one attached hydrogen (secondary N) is 1. The van der Waals surface area contributed by atoms with Crippen LogP contribution >= 0.6 is 12.4 Å². The summed E-state index contributed by atoms with van der Waals surface area (Å²) >= 11 is 0. The van der Waals surface area contributed by atoms with Crippen molar-refractivity contribution >= 4 is 18.3 Å². The lowest BCUT2D eigenvalue weighted by molar-refractivity contribution is -0.123. The molecule has 1 atom stereocenters. The summed E-state index contributed by atoms with van der Waals surface area (Å²) in [5.41, 5.74) is 2.53. The van der Waals surface area contributed by atoms with Gasteiger partial charge in [0.25, 0.3) is 5.91 Å². The highest BCUT2D eigenvalue weighted by molar-refractivity contribution is 5.85. The molecule has 1 N–H and O–H groups in total. The largest absolute Gasteiger partial charge is 0.484 e. The number of benzene rings is 2. The molecule has 1 fully saturated rings. The molecule has 28 heavy (non-hydrogen) atoms. The summed E-state index contributed by atoms with van der Waals surface area (Å²) in [5.74, 6) is 0.640. The molecule has 4 nitrogen and oxygen atoms in total. The molecule has 1 unspecified atom stereocenters. The zero-order valence-corrected chi connectivity index (χ0v) is 17.4. The predicted octanol–water partition coefficient (Wildman–Crippen LogP) is 4.53. The first-order valence-corrected chi connectivity index (χ1v) is 9.97. The second-order valence-electron chi connectivity index (χ2n) is 7.28. The van der Waals surface area contributed by atoms with Crippen molar-refractivity contribution in [1.29, 1.82) is 0 Å². The van der Waals surface area contributed by atoms with E-state index in [4.69, 9.17) is 4.74 Å². The van der Waals surface area contributed by atoms with Crippen LogP contribution in [-0.4, -0.2) is 37.0 Å². The average molecular weight is 403 g/mol. The molecule has 152 valence electrons. The quantitative estimate of drug-likeness (QED) is 0.739. The normalized spacial score (nSPS) is 15.8. The second-order valence-corrected chi connectivity index (χ2v) is 7.28. The molecule has 5 heteroatoms. The number of carbonyl (C=O) groups excluding carboxylic acids is 1. The zero-order chi connectivity index (χ0) is 18.9. The highest BCUT2D eigenvalue weighted by Gasteiger charge is 2.22. The number of para-hydroxylation sites is 1. The first-order valence-electron chi connectivity index (χ1n) is 9.97. The van der Waals surface area contributed by atoms with Gasteiger partial charge in [-0.25, -0.2) is 0 Å². The number of rotatable bonds is 7. The molecule has 3 rings (SSSR count). The van der Waals surface area contributed by atoms with Gasteiger partial charge in [0.05, 0.1) is 6.04 Å². The molecule has 0 aliphatic carbocycles. The summed E-state index contributed by atoms with van der Waals surface area (Å²) in [6, 6.07) is 18.4. The Kier molecular flexibility index (Phi) is 9.32. The second kappa shape index (κ2) is 11.7. The maximum Gasteiger partial charge on any atom is 0.258 e. The van der Waals surface area contributed by atoms with Gasteiger partial charge in [-0.05, 0) is 50.6 Å². The number of likely N-dealkylation sites (tertiary alicyclic amines) is 1. The predicted molar refractivity (Wildman–Crippen MR) is 116 cm³/mol. The fourth-order valence-corrected chi connectivity index (χ4v) is 3.58. The Morgan fingerprint density at radius 1 is 1.00 bits per heavy atom. The van der Waals surface area contributed by atoms with Crippen LogP contribution in [-0.2, 0) is 4.79 Å². The van der Waals surface area contributed by atoms with E-state index >= 15 is 0 Å². The molecule has 0 spiro atoms. The van der Waals surface area contributed by atoms with Gasteiger partial charge in [0.2, 0.25) is 0 Å². The fourth-order valence-electron chi connectivity index (χ4n) is 3.58. The van der Waals surface area contributed by atoms with Crippen LogP contribution in [0.3, 0.4) is 0 Å². The molecule has 2 aromatic rings. The van der Waals surface area contributed by atoms with Crippen LogP contribution in [0.25, 0.3) is 0 Å². The van der Waals surface area contributed by atoms with Crippen molar-refractivity contribution in [2.45, 2.75) is 38.6 Å². The Morgan fingerprint density at radius 3 is 2.29 bits per heavy atom. The molecule has 1 saturated heterocycles. The van der Waals surface area contributed by atoms with Crippen LogP contribution in [0.5, 0.6) is 5.75 Å². The summed E-state index contributed by atoms with van der Waals surface area (Å²) in [6.45, 7) is 4.95. The Labute approximate surface area is 174 Å². The van der Waals surface area contributed by atoms with Crippen molar-refractivity contribution in [1.82, 2.24) is 10.2 Å². The maximum absolute atomic E-state index is 12.3. The molecule has 1 amide bonds. The van der Waals surface area contributed by atoms with Gasteiger partial charge in [0, 0.05) is 6.54 Å². The minimum Gasteiger partial charge on any atom is -0.484 e. The standard InChI is InChI=1S/C23H30N2O2.ClH/c1-19-11-13-20(14-12-19)22(25-15-7-2-3-8-16-25)17-24-23(26)18-27-21-9-5-4-6-10-21;/h4-6,9-14,22H,2-3,7-8,15-18H2,1H3,(H,24,26);1H. The van der Waals surface area contributed by atoms with Crippen LogP contribution in [0.1, 0.15) is 42.9 Å². The Balaban J connectivity index is 0.00000280. The molecular formula is C23H31ClN2O2. The summed E-state index contributed by atoms with van der Waals surface area (Å²) in [7, 11) is 0. The molecule has 1 aliphatic heterocycles. The molecule has 0 saturated carbocycles. The van der Waals surface area contributed by atoms with E-state index in [2.05, 4.69) is 41.4 Å². The van der Waals surface area contributed by atoms with Gasteiger partial charge in [-0.1, -0.05) is 60.9 Å². The van der Waals surface area contributed by atoms with E-state index in [1.807, 2.05) is 30.3 Å². The van der Waals surface area contributed by atoms with E-state index in [0.29, 0.717) is 6.54 Å². The van der Waals surface area contributed by atoms with Gasteiger partial charge >= 0.3 is 0 Å². The summed E-state index contributed by atoms with van der Waals surface area (Å²) in [6.07, 6.45) is 5.06. The van der Waals surface area contributed by atoms with Gasteiger partial charge in [0.15, 0.2) is 6.61 Å². The van der Waals surface area contributed by atoms with Crippen molar-refractivity contribution in [3.8, 4) is 5.75 Å². The van der Waals surface area contributed by atoms with E-state index in [1.54, 1.807) is 0 Å². The molecule has 2 aromatic carbocycles. The number of hydrogen-bond donors (Lipinski definition) is 1. The van der Waals surface area contributed by atoms with Gasteiger partial charge in [-0.15, -0.1) is 12.4 Å². The van der Waals surface area contributed by atoms with Gasteiger partial charge in [0.1, 0.15) is 5.75 Å². The third kappa shape index (κ3) is 6.84. The van der Waals surface area contributed by atoms with Crippen LogP contribution in [0.15, 0.2) is 54.6 Å². The number of ether oxygens (including phenoxy) is 1. The average Bonchev–Trinajstić information content (AvgIpc) is 2.98. The number of halogens is 1. The van der Waals surface area contributed by atoms with E-state index in [0.717, 1.165) is 18.8 Å². The minimum absolute atomic E-state index is 0. The molecule has 1 aliphatic rings. The number of aryl methyl sites for hydroxylation is 1. The monoisotopic (exact) mass is 402 g/mol. The number of carbonyl (C=O) groups is 1. The molecule has 0 radical (unpaired) electrons. The maximum atomic E-state index is 12.3. The van der Waals surface area contributed by atoms with Crippen molar-refractivity contribution in [3.05, 3.63) is 65.7 Å². The molecule has 1 heterocycles. The van der Waals surface area contributed by atoms with Crippen LogP contribution in [0.2, 0.25) is 0 Å². The third-order valence-corrected chi connectivity index (χ3v) is 5.15. The molecular weight excluding hydrogens is 372 g/mol. The molecule has 0 bridgehead atoms. The van der Waals surface area contributed by atoms with Crippen LogP contribution in [0, 0.1) is 6.92 Å². The molecule has 0 aromatic heterocycles. The third-order valence-electron chi connectivity index (χ3n) is 5.15. The lowest BCUT2D eigenvalue weighted by Gasteiger charge is -2.31. The Morgan fingerprint density at radius 2 is 1.64 bits per heavy atom.